The highest BCUT2D eigenvalue weighted by Crippen LogP contribution is 2.22. The van der Waals surface area contributed by atoms with E-state index in [4.69, 9.17) is 5.11 Å². The van der Waals surface area contributed by atoms with Crippen molar-refractivity contribution in [2.45, 2.75) is 31.5 Å². The van der Waals surface area contributed by atoms with Gasteiger partial charge in [0.2, 0.25) is 5.91 Å². The monoisotopic (exact) mass is 279 g/mol. The molecule has 1 unspecified atom stereocenters. The number of carboxylic acid groups (broad SMARTS) is 1. The lowest BCUT2D eigenvalue weighted by atomic mass is 9.99. The van der Waals surface area contributed by atoms with Crippen molar-refractivity contribution in [2.24, 2.45) is 5.92 Å². The Morgan fingerprint density at radius 2 is 1.68 bits per heavy atom. The first-order valence-corrected chi connectivity index (χ1v) is 5.53. The van der Waals surface area contributed by atoms with E-state index in [9.17, 15) is 22.8 Å². The van der Waals surface area contributed by atoms with Crippen LogP contribution in [0.3, 0.4) is 0 Å². The molecule has 0 aliphatic heterocycles. The van der Waals surface area contributed by atoms with E-state index in [-0.39, 0.29) is 12.8 Å². The highest BCUT2D eigenvalue weighted by atomic mass is 19.4. The van der Waals surface area contributed by atoms with Gasteiger partial charge in [-0.2, -0.15) is 13.2 Å². The zero-order valence-corrected chi connectivity index (χ0v) is 10.2. The van der Waals surface area contributed by atoms with Crippen molar-refractivity contribution in [3.05, 3.63) is 25.3 Å². The summed E-state index contributed by atoms with van der Waals surface area (Å²) in [5.41, 5.74) is 0. The summed E-state index contributed by atoms with van der Waals surface area (Å²) in [6, 6.07) is -1.98. The molecular formula is C12H16F3NO3. The maximum atomic E-state index is 12.2. The molecule has 0 heterocycles. The highest BCUT2D eigenvalue weighted by Gasteiger charge is 2.36. The Labute approximate surface area is 109 Å². The first-order chi connectivity index (χ1) is 8.71. The van der Waals surface area contributed by atoms with Crippen LogP contribution in [0.5, 0.6) is 0 Å². The van der Waals surface area contributed by atoms with Crippen LogP contribution < -0.4 is 5.32 Å². The maximum absolute atomic E-state index is 12.2. The number of carbonyl (C=O) groups is 2. The number of carboxylic acids is 1. The number of amides is 1. The Balaban J connectivity index is 4.73. The van der Waals surface area contributed by atoms with Gasteiger partial charge in [-0.3, -0.25) is 4.79 Å². The molecule has 0 rings (SSSR count). The van der Waals surface area contributed by atoms with E-state index in [1.54, 1.807) is 0 Å². The van der Waals surface area contributed by atoms with E-state index in [0.717, 1.165) is 0 Å². The minimum absolute atomic E-state index is 0.232. The lowest BCUT2D eigenvalue weighted by Crippen LogP contribution is -2.45. The number of aliphatic carboxylic acids is 1. The van der Waals surface area contributed by atoms with Crippen LogP contribution in [-0.2, 0) is 9.59 Å². The van der Waals surface area contributed by atoms with Crippen molar-refractivity contribution < 1.29 is 27.9 Å². The fourth-order valence-corrected chi connectivity index (χ4v) is 1.43. The summed E-state index contributed by atoms with van der Waals surface area (Å²) < 4.78 is 36.5. The zero-order valence-electron chi connectivity index (χ0n) is 10.2. The Bertz CT molecular complexity index is 343. The number of allylic oxidation sites excluding steroid dienone is 2. The molecule has 0 bridgehead atoms. The summed E-state index contributed by atoms with van der Waals surface area (Å²) in [7, 11) is 0. The summed E-state index contributed by atoms with van der Waals surface area (Å²) in [4.78, 5) is 22.4. The minimum Gasteiger partial charge on any atom is -0.480 e. The number of hydrogen-bond acceptors (Lipinski definition) is 2. The predicted molar refractivity (Wildman–Crippen MR) is 63.4 cm³/mol. The molecule has 19 heavy (non-hydrogen) atoms. The molecule has 0 aromatic heterocycles. The SMILES string of the molecule is C=CCC(CC=C)C(=O)NC(CC(F)(F)F)C(=O)O. The molecule has 0 radical (unpaired) electrons. The van der Waals surface area contributed by atoms with Crippen LogP contribution in [0.15, 0.2) is 25.3 Å². The lowest BCUT2D eigenvalue weighted by molar-refractivity contribution is -0.160. The van der Waals surface area contributed by atoms with Gasteiger partial charge in [-0.1, -0.05) is 12.2 Å². The molecule has 0 aliphatic rings. The van der Waals surface area contributed by atoms with Gasteiger partial charge in [0, 0.05) is 5.92 Å². The van der Waals surface area contributed by atoms with Crippen molar-refractivity contribution >= 4 is 11.9 Å². The van der Waals surface area contributed by atoms with Gasteiger partial charge in [-0.25, -0.2) is 4.79 Å². The van der Waals surface area contributed by atoms with Gasteiger partial charge in [0.15, 0.2) is 0 Å². The Hall–Kier alpha value is -1.79. The number of rotatable bonds is 8. The molecular weight excluding hydrogens is 263 g/mol. The van der Waals surface area contributed by atoms with Crippen molar-refractivity contribution in [1.82, 2.24) is 5.32 Å². The summed E-state index contributed by atoms with van der Waals surface area (Å²) in [6.07, 6.45) is -2.93. The second kappa shape index (κ2) is 7.60. The van der Waals surface area contributed by atoms with Gasteiger partial charge >= 0.3 is 12.1 Å². The molecule has 1 amide bonds. The minimum atomic E-state index is -4.66. The van der Waals surface area contributed by atoms with Crippen molar-refractivity contribution in [3.63, 3.8) is 0 Å². The van der Waals surface area contributed by atoms with Crippen LogP contribution in [0.1, 0.15) is 19.3 Å². The van der Waals surface area contributed by atoms with Gasteiger partial charge in [0.05, 0.1) is 6.42 Å². The van der Waals surface area contributed by atoms with Crippen LogP contribution in [-0.4, -0.2) is 29.2 Å². The predicted octanol–water partition coefficient (Wildman–Crippen LogP) is 2.28. The molecule has 2 N–H and O–H groups in total. The van der Waals surface area contributed by atoms with Crippen LogP contribution in [0.2, 0.25) is 0 Å². The fraction of sp³-hybridized carbons (Fsp3) is 0.500. The molecule has 0 aromatic carbocycles. The lowest BCUT2D eigenvalue weighted by Gasteiger charge is -2.19. The maximum Gasteiger partial charge on any atom is 0.391 e. The smallest absolute Gasteiger partial charge is 0.391 e. The zero-order chi connectivity index (χ0) is 15.1. The topological polar surface area (TPSA) is 66.4 Å². The molecule has 0 aromatic rings. The second-order valence-electron chi connectivity index (χ2n) is 3.96. The van der Waals surface area contributed by atoms with Gasteiger partial charge in [-0.05, 0) is 12.8 Å². The van der Waals surface area contributed by atoms with E-state index >= 15 is 0 Å². The van der Waals surface area contributed by atoms with Crippen LogP contribution >= 0.6 is 0 Å². The van der Waals surface area contributed by atoms with E-state index < -0.39 is 36.4 Å². The van der Waals surface area contributed by atoms with E-state index in [1.807, 2.05) is 5.32 Å². The van der Waals surface area contributed by atoms with E-state index in [1.165, 1.54) is 12.2 Å². The van der Waals surface area contributed by atoms with Crippen molar-refractivity contribution in [1.29, 1.82) is 0 Å². The number of carbonyl (C=O) groups excluding carboxylic acids is 1. The highest BCUT2D eigenvalue weighted by molar-refractivity contribution is 5.85. The Morgan fingerprint density at radius 3 is 2.00 bits per heavy atom. The standard InChI is InChI=1S/C12H16F3NO3/c1-3-5-8(6-4-2)10(17)16-9(11(18)19)7-12(13,14)15/h3-4,8-9H,1-2,5-7H2,(H,16,17)(H,18,19). The quantitative estimate of drug-likeness (QED) is 0.670. The van der Waals surface area contributed by atoms with Crippen molar-refractivity contribution in [2.75, 3.05) is 0 Å². The molecule has 0 fully saturated rings. The van der Waals surface area contributed by atoms with Crippen LogP contribution in [0.25, 0.3) is 0 Å². The Kier molecular flexibility index (Phi) is 6.89. The summed E-state index contributed by atoms with van der Waals surface area (Å²) >= 11 is 0. The molecule has 0 aliphatic carbocycles. The third-order valence-electron chi connectivity index (χ3n) is 2.32. The second-order valence-corrected chi connectivity index (χ2v) is 3.96. The number of alkyl halides is 3. The molecule has 1 atom stereocenters. The van der Waals surface area contributed by atoms with Gasteiger partial charge in [-0.15, -0.1) is 13.2 Å². The van der Waals surface area contributed by atoms with E-state index in [0.29, 0.717) is 0 Å². The van der Waals surface area contributed by atoms with Crippen molar-refractivity contribution in [3.8, 4) is 0 Å². The van der Waals surface area contributed by atoms with Gasteiger partial charge in [0.1, 0.15) is 6.04 Å². The molecule has 0 saturated heterocycles. The average Bonchev–Trinajstić information content (AvgIpc) is 2.25. The normalized spacial score (nSPS) is 12.8. The molecule has 0 saturated carbocycles. The van der Waals surface area contributed by atoms with E-state index in [2.05, 4.69) is 13.2 Å². The van der Waals surface area contributed by atoms with Crippen LogP contribution in [0.4, 0.5) is 13.2 Å². The molecule has 108 valence electrons. The fourth-order valence-electron chi connectivity index (χ4n) is 1.43. The number of halogens is 3. The first kappa shape index (κ1) is 17.2. The molecule has 7 heteroatoms. The summed E-state index contributed by atoms with van der Waals surface area (Å²) in [6.45, 7) is 6.86. The Morgan fingerprint density at radius 1 is 1.21 bits per heavy atom. The summed E-state index contributed by atoms with van der Waals surface area (Å²) in [5.74, 6) is -3.14. The third-order valence-corrected chi connectivity index (χ3v) is 2.32. The van der Waals surface area contributed by atoms with Gasteiger partial charge < -0.3 is 10.4 Å². The molecule has 4 nitrogen and oxygen atoms in total. The third kappa shape index (κ3) is 7.28. The summed E-state index contributed by atoms with van der Waals surface area (Å²) in [5, 5.41) is 10.6. The largest absolute Gasteiger partial charge is 0.480 e. The number of nitrogens with one attached hydrogen (secondary N) is 1. The van der Waals surface area contributed by atoms with Gasteiger partial charge in [0.25, 0.3) is 0 Å². The average molecular weight is 279 g/mol. The molecule has 0 spiro atoms. The number of hydrogen-bond donors (Lipinski definition) is 2. The van der Waals surface area contributed by atoms with Crippen LogP contribution in [0, 0.1) is 5.92 Å². The first-order valence-electron chi connectivity index (χ1n) is 5.53.